The van der Waals surface area contributed by atoms with Gasteiger partial charge in [-0.2, -0.15) is 0 Å². The molecule has 0 aromatic heterocycles. The molecule has 0 spiro atoms. The molecule has 2 aliphatic rings. The van der Waals surface area contributed by atoms with Crippen LogP contribution in [0.5, 0.6) is 0 Å². The van der Waals surface area contributed by atoms with Crippen LogP contribution in [-0.2, 0) is 14.3 Å². The van der Waals surface area contributed by atoms with Crippen molar-refractivity contribution in [2.24, 2.45) is 5.41 Å². The van der Waals surface area contributed by atoms with Crippen molar-refractivity contribution in [2.45, 2.75) is 77.3 Å². The van der Waals surface area contributed by atoms with Crippen LogP contribution in [0, 0.1) is 5.41 Å². The zero-order valence-electron chi connectivity index (χ0n) is 15.8. The summed E-state index contributed by atoms with van der Waals surface area (Å²) in [6.07, 6.45) is -2.00. The molecule has 26 heavy (non-hydrogen) atoms. The van der Waals surface area contributed by atoms with Gasteiger partial charge in [0.25, 0.3) is 0 Å². The maximum absolute atomic E-state index is 11.2. The lowest BCUT2D eigenvalue weighted by Gasteiger charge is -2.43. The lowest BCUT2D eigenvalue weighted by Crippen LogP contribution is -2.59. The lowest BCUT2D eigenvalue weighted by molar-refractivity contribution is -0.312. The normalized spacial score (nSPS) is 38.0. The van der Waals surface area contributed by atoms with Crippen LogP contribution in [0.1, 0.15) is 40.5 Å². The van der Waals surface area contributed by atoms with Gasteiger partial charge in [-0.15, -0.1) is 0 Å². The Morgan fingerprint density at radius 1 is 1.27 bits per heavy atom. The molecule has 1 unspecified atom stereocenters. The van der Waals surface area contributed by atoms with Gasteiger partial charge in [-0.1, -0.05) is 25.5 Å². The number of ether oxygens (including phenoxy) is 2. The van der Waals surface area contributed by atoms with Gasteiger partial charge >= 0.3 is 0 Å². The zero-order valence-corrected chi connectivity index (χ0v) is 15.8. The Morgan fingerprint density at radius 2 is 1.92 bits per heavy atom. The predicted octanol–water partition coefficient (Wildman–Crippen LogP) is 0.453. The maximum Gasteiger partial charge on any atom is 0.186 e. The highest BCUT2D eigenvalue weighted by molar-refractivity contribution is 5.87. The first-order valence-electron chi connectivity index (χ1n) is 8.91. The van der Waals surface area contributed by atoms with Crippen LogP contribution < -0.4 is 0 Å². The molecule has 148 valence electrons. The number of rotatable bonds is 5. The summed E-state index contributed by atoms with van der Waals surface area (Å²) in [4.78, 5) is 11.2. The third kappa shape index (κ3) is 4.60. The Hall–Kier alpha value is -1.09. The van der Waals surface area contributed by atoms with E-state index in [0.717, 1.165) is 11.1 Å². The number of hydrogen-bond acceptors (Lipinski definition) is 7. The van der Waals surface area contributed by atoms with Gasteiger partial charge in [0.15, 0.2) is 12.1 Å². The van der Waals surface area contributed by atoms with Crippen molar-refractivity contribution >= 4 is 5.78 Å². The van der Waals surface area contributed by atoms with Crippen LogP contribution >= 0.6 is 0 Å². The smallest absolute Gasteiger partial charge is 0.186 e. The van der Waals surface area contributed by atoms with E-state index >= 15 is 0 Å². The molecule has 1 aliphatic heterocycles. The molecule has 0 aromatic carbocycles. The third-order valence-corrected chi connectivity index (χ3v) is 5.12. The number of hydrogen-bond donors (Lipinski definition) is 4. The summed E-state index contributed by atoms with van der Waals surface area (Å²) >= 11 is 0. The van der Waals surface area contributed by atoms with Crippen LogP contribution in [0.25, 0.3) is 0 Å². The lowest BCUT2D eigenvalue weighted by atomic mass is 9.71. The largest absolute Gasteiger partial charge is 0.394 e. The first kappa shape index (κ1) is 21.2. The number of carbonyl (C=O) groups excluding carboxylic acids is 1. The second-order valence-electron chi connectivity index (χ2n) is 7.89. The summed E-state index contributed by atoms with van der Waals surface area (Å²) in [6, 6.07) is 0. The highest BCUT2D eigenvalue weighted by Gasteiger charge is 2.45. The quantitative estimate of drug-likeness (QED) is 0.519. The molecule has 0 radical (unpaired) electrons. The molecule has 1 heterocycles. The highest BCUT2D eigenvalue weighted by Crippen LogP contribution is 2.42. The minimum Gasteiger partial charge on any atom is -0.394 e. The fraction of sp³-hybridized carbons (Fsp3) is 0.737. The van der Waals surface area contributed by atoms with Crippen molar-refractivity contribution in [3.05, 3.63) is 23.3 Å². The molecule has 4 N–H and O–H groups in total. The van der Waals surface area contributed by atoms with Crippen molar-refractivity contribution in [1.29, 1.82) is 0 Å². The molecule has 1 saturated heterocycles. The molecule has 2 rings (SSSR count). The van der Waals surface area contributed by atoms with Crippen LogP contribution in [0.4, 0.5) is 0 Å². The summed E-state index contributed by atoms with van der Waals surface area (Å²) in [7, 11) is 0. The van der Waals surface area contributed by atoms with Gasteiger partial charge in [-0.3, -0.25) is 4.79 Å². The van der Waals surface area contributed by atoms with Gasteiger partial charge in [-0.05, 0) is 43.8 Å². The average Bonchev–Trinajstić information content (AvgIpc) is 2.53. The minimum atomic E-state index is -1.45. The second kappa shape index (κ2) is 8.29. The van der Waals surface area contributed by atoms with Crippen molar-refractivity contribution in [3.8, 4) is 0 Å². The van der Waals surface area contributed by atoms with Gasteiger partial charge in [0.1, 0.15) is 24.4 Å². The van der Waals surface area contributed by atoms with Crippen LogP contribution in [0.15, 0.2) is 23.3 Å². The topological polar surface area (TPSA) is 116 Å². The van der Waals surface area contributed by atoms with Gasteiger partial charge in [0.05, 0.1) is 12.7 Å². The Labute approximate surface area is 153 Å². The summed E-state index contributed by atoms with van der Waals surface area (Å²) < 4.78 is 11.3. The Morgan fingerprint density at radius 3 is 2.46 bits per heavy atom. The van der Waals surface area contributed by atoms with E-state index in [0.29, 0.717) is 12.8 Å². The van der Waals surface area contributed by atoms with E-state index in [4.69, 9.17) is 9.47 Å². The van der Waals surface area contributed by atoms with Gasteiger partial charge < -0.3 is 29.9 Å². The van der Waals surface area contributed by atoms with Gasteiger partial charge in [0, 0.05) is 0 Å². The number of allylic oxidation sites excluding steroid dienone is 3. The summed E-state index contributed by atoms with van der Waals surface area (Å²) in [5.41, 5.74) is 1.92. The molecule has 1 fully saturated rings. The van der Waals surface area contributed by atoms with Crippen LogP contribution in [0.2, 0.25) is 0 Å². The second-order valence-corrected chi connectivity index (χ2v) is 7.89. The summed E-state index contributed by atoms with van der Waals surface area (Å²) in [5, 5.41) is 39.2. The fourth-order valence-corrected chi connectivity index (χ4v) is 3.81. The first-order valence-corrected chi connectivity index (χ1v) is 8.91. The van der Waals surface area contributed by atoms with Gasteiger partial charge in [0.2, 0.25) is 0 Å². The molecule has 0 amide bonds. The van der Waals surface area contributed by atoms with Crippen LogP contribution in [0.3, 0.4) is 0 Å². The van der Waals surface area contributed by atoms with E-state index in [-0.39, 0.29) is 17.3 Å². The van der Waals surface area contributed by atoms with E-state index in [1.165, 1.54) is 6.92 Å². The first-order chi connectivity index (χ1) is 12.1. The monoisotopic (exact) mass is 370 g/mol. The average molecular weight is 370 g/mol. The predicted molar refractivity (Wildman–Crippen MR) is 94.2 cm³/mol. The third-order valence-electron chi connectivity index (χ3n) is 5.12. The maximum atomic E-state index is 11.2. The van der Waals surface area contributed by atoms with Crippen LogP contribution in [-0.4, -0.2) is 69.6 Å². The molecule has 1 aliphatic carbocycles. The Kier molecular flexibility index (Phi) is 6.76. The standard InChI is InChI=1S/C19H30O7/c1-10-7-12(8-19(3,4)13(10)6-5-11(2)21)25-18-17(24)16(23)15(22)14(9-20)26-18/h5-6,12,14-18,20,22-24H,7-9H2,1-4H3/b6-5+/t12?,14-,15-,16+,17-,18-/m1/s1. The van der Waals surface area contributed by atoms with Crippen molar-refractivity contribution in [1.82, 2.24) is 0 Å². The summed E-state index contributed by atoms with van der Waals surface area (Å²) in [6.45, 7) is 7.11. The number of carbonyl (C=O) groups is 1. The minimum absolute atomic E-state index is 0.0132. The van der Waals surface area contributed by atoms with E-state index in [2.05, 4.69) is 13.8 Å². The summed E-state index contributed by atoms with van der Waals surface area (Å²) in [5.74, 6) is -0.0132. The van der Waals surface area contributed by atoms with E-state index in [1.54, 1.807) is 6.08 Å². The fourth-order valence-electron chi connectivity index (χ4n) is 3.81. The van der Waals surface area contributed by atoms with Crippen molar-refractivity contribution < 1.29 is 34.7 Å². The zero-order chi connectivity index (χ0) is 19.6. The molecule has 0 bridgehead atoms. The van der Waals surface area contributed by atoms with Crippen molar-refractivity contribution in [3.63, 3.8) is 0 Å². The number of aliphatic hydroxyl groups is 4. The molecule has 7 nitrogen and oxygen atoms in total. The SMILES string of the molecule is CC(=O)/C=C/C1=C(C)CC(O[C@@H]2O[C@H](CO)[C@@H](O)[C@H](O)[C@H]2O)CC1(C)C. The number of aliphatic hydroxyl groups excluding tert-OH is 4. The molecule has 0 saturated carbocycles. The van der Waals surface area contributed by atoms with Crippen molar-refractivity contribution in [2.75, 3.05) is 6.61 Å². The Bertz CT molecular complexity index is 578. The molecular weight excluding hydrogens is 340 g/mol. The molecular formula is C19H30O7. The Balaban J connectivity index is 2.13. The van der Waals surface area contributed by atoms with E-state index in [1.807, 2.05) is 13.0 Å². The van der Waals surface area contributed by atoms with Gasteiger partial charge in [-0.25, -0.2) is 0 Å². The molecule has 7 heteroatoms. The van der Waals surface area contributed by atoms with E-state index in [9.17, 15) is 25.2 Å². The van der Waals surface area contributed by atoms with E-state index < -0.39 is 37.3 Å². The number of ketones is 1. The molecule has 6 atom stereocenters. The molecule has 0 aromatic rings. The highest BCUT2D eigenvalue weighted by atomic mass is 16.7.